The molecule has 82 valence electrons. The van der Waals surface area contributed by atoms with Crippen LogP contribution in [-0.4, -0.2) is 45.3 Å². The van der Waals surface area contributed by atoms with Gasteiger partial charge in [0.05, 0.1) is 18.3 Å². The first-order chi connectivity index (χ1) is 6.45. The summed E-state index contributed by atoms with van der Waals surface area (Å²) in [7, 11) is 0. The topological polar surface area (TPSA) is 80.9 Å². The van der Waals surface area contributed by atoms with E-state index in [2.05, 4.69) is 6.58 Å². The van der Waals surface area contributed by atoms with Crippen LogP contribution in [0.2, 0.25) is 0 Å². The molecule has 1 rings (SSSR count). The van der Waals surface area contributed by atoms with Gasteiger partial charge in [-0.1, -0.05) is 6.58 Å². The van der Waals surface area contributed by atoms with Crippen molar-refractivity contribution < 1.29 is 20.4 Å². The van der Waals surface area contributed by atoms with E-state index < -0.39 is 17.6 Å². The highest BCUT2D eigenvalue weighted by molar-refractivity contribution is 5.13. The maximum absolute atomic E-state index is 9.90. The quantitative estimate of drug-likeness (QED) is 0.455. The molecular formula is C10H18O4. The summed E-state index contributed by atoms with van der Waals surface area (Å²) in [6, 6.07) is 0. The van der Waals surface area contributed by atoms with Crippen molar-refractivity contribution in [2.24, 2.45) is 11.8 Å². The molecule has 4 nitrogen and oxygen atoms in total. The lowest BCUT2D eigenvalue weighted by molar-refractivity contribution is -0.0795. The van der Waals surface area contributed by atoms with Crippen molar-refractivity contribution in [1.29, 1.82) is 0 Å². The molecule has 1 saturated carbocycles. The number of aliphatic hydroxyl groups is 4. The summed E-state index contributed by atoms with van der Waals surface area (Å²) in [4.78, 5) is 0. The first kappa shape index (κ1) is 11.7. The molecule has 1 fully saturated rings. The second-order valence-electron chi connectivity index (χ2n) is 4.19. The van der Waals surface area contributed by atoms with Crippen LogP contribution in [0.4, 0.5) is 0 Å². The molecule has 0 amide bonds. The van der Waals surface area contributed by atoms with Crippen molar-refractivity contribution in [2.45, 2.75) is 25.0 Å². The number of hydrogen-bond acceptors (Lipinski definition) is 4. The minimum atomic E-state index is -1.29. The van der Waals surface area contributed by atoms with Crippen LogP contribution in [0.15, 0.2) is 12.2 Å². The van der Waals surface area contributed by atoms with Crippen molar-refractivity contribution in [3.05, 3.63) is 12.2 Å². The van der Waals surface area contributed by atoms with Gasteiger partial charge in [-0.2, -0.15) is 0 Å². The Bertz CT molecular complexity index is 224. The molecule has 0 aromatic carbocycles. The molecule has 0 bridgehead atoms. The molecule has 4 unspecified atom stereocenters. The fourth-order valence-electron chi connectivity index (χ4n) is 2.18. The Morgan fingerprint density at radius 2 is 2.07 bits per heavy atom. The molecule has 0 radical (unpaired) electrons. The third-order valence-corrected chi connectivity index (χ3v) is 3.31. The van der Waals surface area contributed by atoms with Crippen molar-refractivity contribution >= 4 is 0 Å². The van der Waals surface area contributed by atoms with Crippen LogP contribution in [0.3, 0.4) is 0 Å². The summed E-state index contributed by atoms with van der Waals surface area (Å²) in [5, 5.41) is 37.6. The van der Waals surface area contributed by atoms with E-state index in [1.165, 1.54) is 6.92 Å². The molecule has 0 spiro atoms. The van der Waals surface area contributed by atoms with E-state index >= 15 is 0 Å². The number of aliphatic hydroxyl groups excluding tert-OH is 3. The van der Waals surface area contributed by atoms with Crippen LogP contribution in [0, 0.1) is 11.8 Å². The first-order valence-electron chi connectivity index (χ1n) is 4.75. The smallest absolute Gasteiger partial charge is 0.0933 e. The Balaban J connectivity index is 2.86. The molecule has 0 aromatic rings. The van der Waals surface area contributed by atoms with E-state index in [1.54, 1.807) is 0 Å². The molecular weight excluding hydrogens is 184 g/mol. The second-order valence-corrected chi connectivity index (χ2v) is 4.19. The molecule has 0 aromatic heterocycles. The van der Waals surface area contributed by atoms with Crippen LogP contribution in [-0.2, 0) is 0 Å². The van der Waals surface area contributed by atoms with E-state index in [1.807, 2.05) is 0 Å². The summed E-state index contributed by atoms with van der Waals surface area (Å²) in [5.74, 6) is -0.660. The van der Waals surface area contributed by atoms with Crippen LogP contribution >= 0.6 is 0 Å². The SMILES string of the molecule is C=C(CO)C1CC(O)C(C)(O)C1CO. The molecule has 4 atom stereocenters. The summed E-state index contributed by atoms with van der Waals surface area (Å²) >= 11 is 0. The largest absolute Gasteiger partial charge is 0.396 e. The van der Waals surface area contributed by atoms with Crippen LogP contribution in [0.1, 0.15) is 13.3 Å². The molecule has 4 N–H and O–H groups in total. The van der Waals surface area contributed by atoms with Gasteiger partial charge in [0.15, 0.2) is 0 Å². The van der Waals surface area contributed by atoms with E-state index in [9.17, 15) is 10.2 Å². The molecule has 14 heavy (non-hydrogen) atoms. The second kappa shape index (κ2) is 3.98. The lowest BCUT2D eigenvalue weighted by Gasteiger charge is -2.29. The maximum Gasteiger partial charge on any atom is 0.0933 e. The van der Waals surface area contributed by atoms with Gasteiger partial charge in [0.25, 0.3) is 0 Å². The van der Waals surface area contributed by atoms with Gasteiger partial charge in [-0.15, -0.1) is 0 Å². The standard InChI is InChI=1S/C10H18O4/c1-6(4-11)7-3-9(13)10(2,14)8(7)5-12/h7-9,11-14H,1,3-5H2,2H3. The van der Waals surface area contributed by atoms with Gasteiger partial charge in [-0.25, -0.2) is 0 Å². The molecule has 1 aliphatic rings. The fraction of sp³-hybridized carbons (Fsp3) is 0.800. The van der Waals surface area contributed by atoms with Gasteiger partial charge in [-0.3, -0.25) is 0 Å². The van der Waals surface area contributed by atoms with Gasteiger partial charge >= 0.3 is 0 Å². The highest BCUT2D eigenvalue weighted by Crippen LogP contribution is 2.43. The Hall–Kier alpha value is -0.420. The van der Waals surface area contributed by atoms with Crippen molar-refractivity contribution in [3.8, 4) is 0 Å². The van der Waals surface area contributed by atoms with E-state index in [-0.39, 0.29) is 19.1 Å². The summed E-state index contributed by atoms with van der Waals surface area (Å²) in [6.45, 7) is 4.78. The van der Waals surface area contributed by atoms with Crippen LogP contribution < -0.4 is 0 Å². The van der Waals surface area contributed by atoms with Crippen molar-refractivity contribution in [3.63, 3.8) is 0 Å². The minimum Gasteiger partial charge on any atom is -0.396 e. The monoisotopic (exact) mass is 202 g/mol. The van der Waals surface area contributed by atoms with Gasteiger partial charge in [0.1, 0.15) is 0 Å². The molecule has 0 heterocycles. The van der Waals surface area contributed by atoms with Crippen LogP contribution in [0.25, 0.3) is 0 Å². The lowest BCUT2D eigenvalue weighted by Crippen LogP contribution is -2.42. The van der Waals surface area contributed by atoms with Crippen LogP contribution in [0.5, 0.6) is 0 Å². The third kappa shape index (κ3) is 1.70. The maximum atomic E-state index is 9.90. The molecule has 0 saturated heterocycles. The van der Waals surface area contributed by atoms with Gasteiger partial charge in [-0.05, 0) is 24.8 Å². The number of hydrogen-bond donors (Lipinski definition) is 4. The van der Waals surface area contributed by atoms with Gasteiger partial charge < -0.3 is 20.4 Å². The number of rotatable bonds is 3. The summed E-state index contributed by atoms with van der Waals surface area (Å²) in [5.41, 5.74) is -0.738. The van der Waals surface area contributed by atoms with E-state index in [4.69, 9.17) is 10.2 Å². The lowest BCUT2D eigenvalue weighted by atomic mass is 9.84. The Kier molecular flexibility index (Phi) is 3.32. The zero-order valence-electron chi connectivity index (χ0n) is 8.35. The highest BCUT2D eigenvalue weighted by Gasteiger charge is 2.50. The van der Waals surface area contributed by atoms with Crippen molar-refractivity contribution in [1.82, 2.24) is 0 Å². The minimum absolute atomic E-state index is 0.177. The molecule has 0 aliphatic heterocycles. The predicted molar refractivity (Wildman–Crippen MR) is 51.5 cm³/mol. The Morgan fingerprint density at radius 1 is 1.50 bits per heavy atom. The molecule has 4 heteroatoms. The first-order valence-corrected chi connectivity index (χ1v) is 4.75. The highest BCUT2D eigenvalue weighted by atomic mass is 16.3. The average molecular weight is 202 g/mol. The Morgan fingerprint density at radius 3 is 2.50 bits per heavy atom. The average Bonchev–Trinajstić information content (AvgIpc) is 2.37. The fourth-order valence-corrected chi connectivity index (χ4v) is 2.18. The zero-order chi connectivity index (χ0) is 10.9. The van der Waals surface area contributed by atoms with Gasteiger partial charge in [0.2, 0.25) is 0 Å². The van der Waals surface area contributed by atoms with Gasteiger partial charge in [0, 0.05) is 12.5 Å². The normalized spacial score (nSPS) is 42.8. The molecule has 1 aliphatic carbocycles. The van der Waals surface area contributed by atoms with E-state index in [0.29, 0.717) is 12.0 Å². The summed E-state index contributed by atoms with van der Waals surface area (Å²) in [6.07, 6.45) is -0.523. The predicted octanol–water partition coefficient (Wildman–Crippen LogP) is -0.725. The Labute approximate surface area is 83.5 Å². The summed E-state index contributed by atoms with van der Waals surface area (Å²) < 4.78 is 0. The third-order valence-electron chi connectivity index (χ3n) is 3.31. The van der Waals surface area contributed by atoms with E-state index in [0.717, 1.165) is 0 Å². The van der Waals surface area contributed by atoms with Crippen molar-refractivity contribution in [2.75, 3.05) is 13.2 Å². The zero-order valence-corrected chi connectivity index (χ0v) is 8.35.